The molecular weight excluding hydrogens is 152 g/mol. The SMILES string of the molecule is CCCn1ncc(CCN)c1N. The molecule has 12 heavy (non-hydrogen) atoms. The topological polar surface area (TPSA) is 69.9 Å². The molecule has 4 nitrogen and oxygen atoms in total. The zero-order chi connectivity index (χ0) is 8.97. The van der Waals surface area contributed by atoms with Gasteiger partial charge in [0.05, 0.1) is 6.20 Å². The molecule has 0 saturated carbocycles. The van der Waals surface area contributed by atoms with Crippen molar-refractivity contribution >= 4 is 5.82 Å². The third-order valence-corrected chi connectivity index (χ3v) is 1.81. The molecular formula is C8H16N4. The van der Waals surface area contributed by atoms with Crippen molar-refractivity contribution in [3.63, 3.8) is 0 Å². The van der Waals surface area contributed by atoms with Gasteiger partial charge in [-0.25, -0.2) is 4.68 Å². The van der Waals surface area contributed by atoms with Crippen LogP contribution >= 0.6 is 0 Å². The van der Waals surface area contributed by atoms with Crippen LogP contribution in [0.4, 0.5) is 5.82 Å². The van der Waals surface area contributed by atoms with Crippen LogP contribution in [-0.2, 0) is 13.0 Å². The van der Waals surface area contributed by atoms with Crippen LogP contribution in [-0.4, -0.2) is 16.3 Å². The van der Waals surface area contributed by atoms with Crippen LogP contribution in [0.1, 0.15) is 18.9 Å². The van der Waals surface area contributed by atoms with E-state index < -0.39 is 0 Å². The minimum atomic E-state index is 0.627. The molecule has 0 aliphatic carbocycles. The molecule has 0 aliphatic heterocycles. The number of nitrogens with two attached hydrogens (primary N) is 2. The summed E-state index contributed by atoms with van der Waals surface area (Å²) >= 11 is 0. The molecule has 0 radical (unpaired) electrons. The molecule has 4 heteroatoms. The number of nitrogens with zero attached hydrogens (tertiary/aromatic N) is 2. The second kappa shape index (κ2) is 4.11. The Morgan fingerprint density at radius 1 is 1.58 bits per heavy atom. The van der Waals surface area contributed by atoms with Gasteiger partial charge in [-0.3, -0.25) is 0 Å². The quantitative estimate of drug-likeness (QED) is 0.682. The van der Waals surface area contributed by atoms with Crippen molar-refractivity contribution in [1.29, 1.82) is 0 Å². The molecule has 0 fully saturated rings. The first-order chi connectivity index (χ1) is 5.79. The zero-order valence-corrected chi connectivity index (χ0v) is 7.45. The van der Waals surface area contributed by atoms with Crippen LogP contribution in [0.25, 0.3) is 0 Å². The predicted molar refractivity (Wildman–Crippen MR) is 49.7 cm³/mol. The zero-order valence-electron chi connectivity index (χ0n) is 7.45. The Morgan fingerprint density at radius 2 is 2.33 bits per heavy atom. The van der Waals surface area contributed by atoms with Crippen LogP contribution < -0.4 is 11.5 Å². The van der Waals surface area contributed by atoms with Gasteiger partial charge in [0.25, 0.3) is 0 Å². The van der Waals surface area contributed by atoms with Crippen molar-refractivity contribution in [2.24, 2.45) is 5.73 Å². The summed E-state index contributed by atoms with van der Waals surface area (Å²) in [4.78, 5) is 0. The van der Waals surface area contributed by atoms with E-state index in [2.05, 4.69) is 12.0 Å². The van der Waals surface area contributed by atoms with E-state index in [0.717, 1.165) is 30.8 Å². The molecule has 0 spiro atoms. The Labute approximate surface area is 72.5 Å². The van der Waals surface area contributed by atoms with Crippen molar-refractivity contribution in [3.8, 4) is 0 Å². The lowest BCUT2D eigenvalue weighted by atomic mass is 10.2. The van der Waals surface area contributed by atoms with Crippen molar-refractivity contribution in [3.05, 3.63) is 11.8 Å². The first-order valence-electron chi connectivity index (χ1n) is 4.29. The molecule has 0 bridgehead atoms. The standard InChI is InChI=1S/C8H16N4/c1-2-5-12-8(10)7(3-4-9)6-11-12/h6H,2-5,9-10H2,1H3. The number of hydrogen-bond donors (Lipinski definition) is 2. The number of rotatable bonds is 4. The molecule has 4 N–H and O–H groups in total. The summed E-state index contributed by atoms with van der Waals surface area (Å²) in [6.07, 6.45) is 3.67. The molecule has 1 aromatic heterocycles. The molecule has 0 unspecified atom stereocenters. The number of nitrogen functional groups attached to an aromatic ring is 1. The number of aromatic nitrogens is 2. The molecule has 1 heterocycles. The highest BCUT2D eigenvalue weighted by atomic mass is 15.3. The summed E-state index contributed by atoms with van der Waals surface area (Å²) in [6, 6.07) is 0. The average molecular weight is 168 g/mol. The maximum atomic E-state index is 5.82. The van der Waals surface area contributed by atoms with Crippen molar-refractivity contribution in [2.45, 2.75) is 26.3 Å². The number of hydrogen-bond acceptors (Lipinski definition) is 3. The number of anilines is 1. The van der Waals surface area contributed by atoms with Gasteiger partial charge in [0.2, 0.25) is 0 Å². The van der Waals surface area contributed by atoms with Crippen LogP contribution in [0, 0.1) is 0 Å². The van der Waals surface area contributed by atoms with Crippen molar-refractivity contribution < 1.29 is 0 Å². The third-order valence-electron chi connectivity index (χ3n) is 1.81. The normalized spacial score (nSPS) is 10.5. The van der Waals surface area contributed by atoms with Crippen molar-refractivity contribution in [2.75, 3.05) is 12.3 Å². The average Bonchev–Trinajstić information content (AvgIpc) is 2.38. The van der Waals surface area contributed by atoms with Gasteiger partial charge in [-0.05, 0) is 19.4 Å². The number of aryl methyl sites for hydroxylation is 1. The molecule has 0 saturated heterocycles. The second-order valence-corrected chi connectivity index (χ2v) is 2.82. The lowest BCUT2D eigenvalue weighted by Gasteiger charge is -2.01. The largest absolute Gasteiger partial charge is 0.384 e. The summed E-state index contributed by atoms with van der Waals surface area (Å²) in [5, 5.41) is 4.16. The van der Waals surface area contributed by atoms with Crippen molar-refractivity contribution in [1.82, 2.24) is 9.78 Å². The van der Waals surface area contributed by atoms with Gasteiger partial charge in [0.15, 0.2) is 0 Å². The van der Waals surface area contributed by atoms with Crippen LogP contribution in [0.5, 0.6) is 0 Å². The first-order valence-corrected chi connectivity index (χ1v) is 4.29. The van der Waals surface area contributed by atoms with Gasteiger partial charge in [0.1, 0.15) is 5.82 Å². The molecule has 0 amide bonds. The second-order valence-electron chi connectivity index (χ2n) is 2.82. The fraction of sp³-hybridized carbons (Fsp3) is 0.625. The Kier molecular flexibility index (Phi) is 3.10. The summed E-state index contributed by atoms with van der Waals surface area (Å²) in [5.41, 5.74) is 12.3. The Bertz CT molecular complexity index is 218. The summed E-state index contributed by atoms with van der Waals surface area (Å²) in [7, 11) is 0. The monoisotopic (exact) mass is 168 g/mol. The van der Waals surface area contributed by atoms with E-state index in [9.17, 15) is 0 Å². The summed E-state index contributed by atoms with van der Waals surface area (Å²) in [6.45, 7) is 3.61. The van der Waals surface area contributed by atoms with Crippen LogP contribution in [0.15, 0.2) is 6.20 Å². The van der Waals surface area contributed by atoms with Crippen LogP contribution in [0.3, 0.4) is 0 Å². The Morgan fingerprint density at radius 3 is 2.92 bits per heavy atom. The van der Waals surface area contributed by atoms with Crippen LogP contribution in [0.2, 0.25) is 0 Å². The Hall–Kier alpha value is -1.03. The van der Waals surface area contributed by atoms with Gasteiger partial charge in [-0.15, -0.1) is 0 Å². The highest BCUT2D eigenvalue weighted by molar-refractivity contribution is 5.38. The first kappa shape index (κ1) is 9.06. The highest BCUT2D eigenvalue weighted by Crippen LogP contribution is 2.11. The molecule has 68 valence electrons. The molecule has 1 rings (SSSR count). The van der Waals surface area contributed by atoms with Gasteiger partial charge >= 0.3 is 0 Å². The van der Waals surface area contributed by atoms with Gasteiger partial charge in [-0.1, -0.05) is 6.92 Å². The van der Waals surface area contributed by atoms with E-state index in [4.69, 9.17) is 11.5 Å². The van der Waals surface area contributed by atoms with E-state index in [1.807, 2.05) is 4.68 Å². The van der Waals surface area contributed by atoms with E-state index in [-0.39, 0.29) is 0 Å². The fourth-order valence-electron chi connectivity index (χ4n) is 1.17. The molecule has 0 aromatic carbocycles. The summed E-state index contributed by atoms with van der Waals surface area (Å²) in [5.74, 6) is 0.766. The van der Waals surface area contributed by atoms with Gasteiger partial charge in [0, 0.05) is 12.1 Å². The third kappa shape index (κ3) is 1.76. The smallest absolute Gasteiger partial charge is 0.124 e. The molecule has 0 atom stereocenters. The molecule has 0 aliphatic rings. The van der Waals surface area contributed by atoms with Gasteiger partial charge < -0.3 is 11.5 Å². The van der Waals surface area contributed by atoms with E-state index in [0.29, 0.717) is 6.54 Å². The van der Waals surface area contributed by atoms with E-state index in [1.165, 1.54) is 0 Å². The lowest BCUT2D eigenvalue weighted by Crippen LogP contribution is -2.07. The summed E-state index contributed by atoms with van der Waals surface area (Å²) < 4.78 is 1.82. The van der Waals surface area contributed by atoms with Gasteiger partial charge in [-0.2, -0.15) is 5.10 Å². The minimum Gasteiger partial charge on any atom is -0.384 e. The Balaban J connectivity index is 2.74. The van der Waals surface area contributed by atoms with E-state index >= 15 is 0 Å². The fourth-order valence-corrected chi connectivity index (χ4v) is 1.17. The molecule has 1 aromatic rings. The lowest BCUT2D eigenvalue weighted by molar-refractivity contribution is 0.611. The maximum Gasteiger partial charge on any atom is 0.124 e. The highest BCUT2D eigenvalue weighted by Gasteiger charge is 2.04. The minimum absolute atomic E-state index is 0.627. The van der Waals surface area contributed by atoms with E-state index in [1.54, 1.807) is 6.20 Å². The predicted octanol–water partition coefficient (Wildman–Crippen LogP) is 0.377. The maximum absolute atomic E-state index is 5.82.